The molecule has 0 radical (unpaired) electrons. The minimum Gasteiger partial charge on any atom is -0.463 e. The van der Waals surface area contributed by atoms with Gasteiger partial charge < -0.3 is 18.9 Å². The molecule has 0 aromatic carbocycles. The maximum absolute atomic E-state index is 6.04. The molecule has 0 atom stereocenters. The smallest absolute Gasteiger partial charge is 0.317 e. The molecule has 0 bridgehead atoms. The Morgan fingerprint density at radius 2 is 1.58 bits per heavy atom. The monoisotopic (exact) mass is 695 g/mol. The molecule has 0 spiro atoms. The van der Waals surface area contributed by atoms with Crippen LogP contribution in [0.3, 0.4) is 0 Å². The highest BCUT2D eigenvalue weighted by atomic mass is 16.5. The number of hydrogen-bond acceptors (Lipinski definition) is 12. The van der Waals surface area contributed by atoms with E-state index in [1.807, 2.05) is 48.5 Å². The standard InChI is InChI=1S/C20H19N5O2.C18H18N6O/c1-2-5-14(6-3-1)27-20-21-9-8-16(23-20)15-11-13-12-22-25-19(13)24-18(15)17-7-4-10-26-17;1-11(2)9-20-17-13-8-12(14-5-6-19-10-21-14)16(15-4-3-7-25-15)22-18(13)24-23-17/h4,7-12,14H,1-3,5-6H2,(H,22,24,25);3-8,10-11H,9H2,1-2H3,(H2,20,22,23,24). The van der Waals surface area contributed by atoms with E-state index in [1.165, 1.54) is 25.6 Å². The predicted octanol–water partition coefficient (Wildman–Crippen LogP) is 8.13. The molecule has 8 heterocycles. The molecule has 0 unspecified atom stereocenters. The second-order valence-corrected chi connectivity index (χ2v) is 13.0. The van der Waals surface area contributed by atoms with E-state index in [0.717, 1.165) is 64.2 Å². The summed E-state index contributed by atoms with van der Waals surface area (Å²) in [6, 6.07) is 15.6. The van der Waals surface area contributed by atoms with Crippen molar-refractivity contribution in [2.24, 2.45) is 5.92 Å². The molecule has 1 saturated carbocycles. The van der Waals surface area contributed by atoms with E-state index in [1.54, 1.807) is 31.1 Å². The van der Waals surface area contributed by atoms with Crippen LogP contribution < -0.4 is 10.1 Å². The summed E-state index contributed by atoms with van der Waals surface area (Å²) in [6.07, 6.45) is 16.0. The Hall–Kier alpha value is -6.44. The third kappa shape index (κ3) is 7.08. The van der Waals surface area contributed by atoms with Gasteiger partial charge in [-0.05, 0) is 80.1 Å². The van der Waals surface area contributed by atoms with E-state index in [0.29, 0.717) is 40.4 Å². The van der Waals surface area contributed by atoms with Crippen molar-refractivity contribution in [3.63, 3.8) is 0 Å². The van der Waals surface area contributed by atoms with Crippen molar-refractivity contribution in [3.05, 3.63) is 86.0 Å². The van der Waals surface area contributed by atoms with Crippen molar-refractivity contribution in [3.8, 4) is 51.4 Å². The van der Waals surface area contributed by atoms with Gasteiger partial charge >= 0.3 is 6.01 Å². The molecule has 1 aliphatic carbocycles. The zero-order valence-corrected chi connectivity index (χ0v) is 28.8. The lowest BCUT2D eigenvalue weighted by atomic mass is 9.98. The second kappa shape index (κ2) is 14.8. The molecule has 262 valence electrons. The molecule has 0 amide bonds. The fourth-order valence-corrected chi connectivity index (χ4v) is 6.19. The van der Waals surface area contributed by atoms with Crippen LogP contribution in [0.15, 0.2) is 94.8 Å². The first-order chi connectivity index (χ1) is 25.6. The summed E-state index contributed by atoms with van der Waals surface area (Å²) >= 11 is 0. The molecule has 52 heavy (non-hydrogen) atoms. The Kier molecular flexibility index (Phi) is 9.33. The third-order valence-corrected chi connectivity index (χ3v) is 8.76. The predicted molar refractivity (Wildman–Crippen MR) is 196 cm³/mol. The number of hydrogen-bond donors (Lipinski definition) is 3. The van der Waals surface area contributed by atoms with E-state index < -0.39 is 0 Å². The lowest BCUT2D eigenvalue weighted by molar-refractivity contribution is 0.142. The number of aromatic nitrogens is 10. The first kappa shape index (κ1) is 32.7. The largest absolute Gasteiger partial charge is 0.463 e. The molecule has 8 aromatic rings. The number of fused-ring (bicyclic) bond motifs is 2. The zero-order valence-electron chi connectivity index (χ0n) is 28.8. The lowest BCUT2D eigenvalue weighted by Gasteiger charge is -2.21. The van der Waals surface area contributed by atoms with Gasteiger partial charge in [0.25, 0.3) is 0 Å². The summed E-state index contributed by atoms with van der Waals surface area (Å²) in [6.45, 7) is 5.14. The zero-order chi connectivity index (χ0) is 35.3. The van der Waals surface area contributed by atoms with Gasteiger partial charge in [-0.3, -0.25) is 10.2 Å². The van der Waals surface area contributed by atoms with Gasteiger partial charge in [0, 0.05) is 35.5 Å². The molecule has 1 aliphatic rings. The Morgan fingerprint density at radius 3 is 2.29 bits per heavy atom. The number of pyridine rings is 2. The highest BCUT2D eigenvalue weighted by Crippen LogP contribution is 2.35. The van der Waals surface area contributed by atoms with Crippen molar-refractivity contribution in [2.45, 2.75) is 52.1 Å². The van der Waals surface area contributed by atoms with Crippen LogP contribution >= 0.6 is 0 Å². The average molecular weight is 696 g/mol. The van der Waals surface area contributed by atoms with E-state index in [2.05, 4.69) is 64.5 Å². The number of anilines is 1. The summed E-state index contributed by atoms with van der Waals surface area (Å²) in [5.74, 6) is 2.66. The van der Waals surface area contributed by atoms with Crippen LogP contribution in [0, 0.1) is 5.92 Å². The van der Waals surface area contributed by atoms with Crippen LogP contribution in [0.25, 0.3) is 67.5 Å². The maximum atomic E-state index is 6.04. The number of ether oxygens (including phenoxy) is 1. The number of furan rings is 2. The summed E-state index contributed by atoms with van der Waals surface area (Å²) < 4.78 is 17.2. The minimum atomic E-state index is 0.202. The molecular weight excluding hydrogens is 658 g/mol. The Labute approximate surface area is 298 Å². The lowest BCUT2D eigenvalue weighted by Crippen LogP contribution is -2.20. The van der Waals surface area contributed by atoms with Crippen molar-refractivity contribution >= 4 is 27.9 Å². The number of rotatable bonds is 9. The van der Waals surface area contributed by atoms with Gasteiger partial charge in [0.2, 0.25) is 0 Å². The van der Waals surface area contributed by atoms with Crippen molar-refractivity contribution in [1.29, 1.82) is 0 Å². The van der Waals surface area contributed by atoms with Crippen LogP contribution in [-0.2, 0) is 0 Å². The minimum absolute atomic E-state index is 0.202. The van der Waals surface area contributed by atoms with Crippen LogP contribution in [-0.4, -0.2) is 62.9 Å². The summed E-state index contributed by atoms with van der Waals surface area (Å²) in [4.78, 5) is 26.7. The number of nitrogens with one attached hydrogen (secondary N) is 3. The number of H-pyrrole nitrogens is 2. The first-order valence-corrected chi connectivity index (χ1v) is 17.4. The van der Waals surface area contributed by atoms with E-state index >= 15 is 0 Å². The van der Waals surface area contributed by atoms with Crippen LogP contribution in [0.5, 0.6) is 6.01 Å². The molecule has 14 nitrogen and oxygen atoms in total. The van der Waals surface area contributed by atoms with Crippen molar-refractivity contribution < 1.29 is 13.6 Å². The van der Waals surface area contributed by atoms with Gasteiger partial charge in [-0.15, -0.1) is 0 Å². The molecular formula is C38H37N11O3. The first-order valence-electron chi connectivity index (χ1n) is 17.4. The Morgan fingerprint density at radius 1 is 0.827 bits per heavy atom. The summed E-state index contributed by atoms with van der Waals surface area (Å²) in [5.41, 5.74) is 6.10. The molecule has 1 fully saturated rings. The molecule has 0 saturated heterocycles. The van der Waals surface area contributed by atoms with Gasteiger partial charge in [-0.25, -0.2) is 24.9 Å². The van der Waals surface area contributed by atoms with E-state index in [-0.39, 0.29) is 6.10 Å². The highest BCUT2D eigenvalue weighted by molar-refractivity contribution is 5.94. The van der Waals surface area contributed by atoms with Crippen LogP contribution in [0.1, 0.15) is 46.0 Å². The summed E-state index contributed by atoms with van der Waals surface area (Å²) in [7, 11) is 0. The topological polar surface area (TPSA) is 182 Å². The molecule has 14 heteroatoms. The van der Waals surface area contributed by atoms with Crippen LogP contribution in [0.2, 0.25) is 0 Å². The second-order valence-electron chi connectivity index (χ2n) is 13.0. The van der Waals surface area contributed by atoms with Crippen LogP contribution in [0.4, 0.5) is 5.82 Å². The van der Waals surface area contributed by atoms with E-state index in [9.17, 15) is 0 Å². The Bertz CT molecular complexity index is 2360. The van der Waals surface area contributed by atoms with Crippen molar-refractivity contribution in [1.82, 2.24) is 50.3 Å². The van der Waals surface area contributed by atoms with Gasteiger partial charge in [-0.1, -0.05) is 20.3 Å². The van der Waals surface area contributed by atoms with Crippen molar-refractivity contribution in [2.75, 3.05) is 11.9 Å². The Balaban J connectivity index is 0.000000149. The number of aromatic amines is 2. The normalized spacial score (nSPS) is 13.4. The maximum Gasteiger partial charge on any atom is 0.317 e. The third-order valence-electron chi connectivity index (χ3n) is 8.76. The van der Waals surface area contributed by atoms with Gasteiger partial charge in [0.15, 0.2) is 28.6 Å². The number of nitrogens with zero attached hydrogens (tertiary/aromatic N) is 8. The SMILES string of the molecule is CC(C)CNc1n[nH]c2nc(-c3ccco3)c(-c3ccncn3)cc12.c1coc(-c2nc3[nH]ncc3cc2-c2ccnc(OC3CCCCC3)n2)c1. The highest BCUT2D eigenvalue weighted by Gasteiger charge is 2.20. The quantitative estimate of drug-likeness (QED) is 0.132. The summed E-state index contributed by atoms with van der Waals surface area (Å²) in [5, 5.41) is 19.5. The fourth-order valence-electron chi connectivity index (χ4n) is 6.19. The molecule has 8 aromatic heterocycles. The molecule has 9 rings (SSSR count). The van der Waals surface area contributed by atoms with Gasteiger partial charge in [0.05, 0.1) is 35.5 Å². The molecule has 3 N–H and O–H groups in total. The van der Waals surface area contributed by atoms with E-state index in [4.69, 9.17) is 18.6 Å². The van der Waals surface area contributed by atoms with Gasteiger partial charge in [-0.2, -0.15) is 15.2 Å². The fraction of sp³-hybridized carbons (Fsp3) is 0.263. The van der Waals surface area contributed by atoms with Gasteiger partial charge in [0.1, 0.15) is 23.8 Å². The molecule has 0 aliphatic heterocycles. The average Bonchev–Trinajstić information content (AvgIpc) is 4.02.